The quantitative estimate of drug-likeness (QED) is 0.893. The number of hydrogen-bond acceptors (Lipinski definition) is 4. The van der Waals surface area contributed by atoms with E-state index < -0.39 is 11.6 Å². The largest absolute Gasteiger partial charge is 0.478 e. The van der Waals surface area contributed by atoms with E-state index in [2.05, 4.69) is 5.10 Å². The molecule has 1 amide bonds. The van der Waals surface area contributed by atoms with Crippen molar-refractivity contribution in [1.82, 2.24) is 14.7 Å². The predicted octanol–water partition coefficient (Wildman–Crippen LogP) is 1.76. The molecule has 0 spiro atoms. The zero-order chi connectivity index (χ0) is 14.9. The molecular formula is C13H19N3O4. The van der Waals surface area contributed by atoms with Gasteiger partial charge in [-0.1, -0.05) is 0 Å². The molecule has 0 radical (unpaired) electrons. The summed E-state index contributed by atoms with van der Waals surface area (Å²) in [5.74, 6) is -1.00. The van der Waals surface area contributed by atoms with E-state index in [0.717, 1.165) is 6.42 Å². The van der Waals surface area contributed by atoms with E-state index in [9.17, 15) is 9.59 Å². The van der Waals surface area contributed by atoms with E-state index in [1.165, 1.54) is 12.4 Å². The minimum absolute atomic E-state index is 0.00406. The number of hydrogen-bond donors (Lipinski definition) is 1. The van der Waals surface area contributed by atoms with Gasteiger partial charge < -0.3 is 14.7 Å². The van der Waals surface area contributed by atoms with E-state index in [-0.39, 0.29) is 17.7 Å². The van der Waals surface area contributed by atoms with Crippen molar-refractivity contribution in [3.05, 3.63) is 18.0 Å². The molecule has 2 heterocycles. The van der Waals surface area contributed by atoms with Crippen molar-refractivity contribution in [2.24, 2.45) is 0 Å². The molecule has 110 valence electrons. The van der Waals surface area contributed by atoms with Gasteiger partial charge >= 0.3 is 12.1 Å². The average molecular weight is 281 g/mol. The second-order valence-electron chi connectivity index (χ2n) is 5.88. The molecule has 7 heteroatoms. The monoisotopic (exact) mass is 281 g/mol. The Morgan fingerprint density at radius 1 is 1.45 bits per heavy atom. The Balaban J connectivity index is 1.98. The molecule has 0 aliphatic carbocycles. The van der Waals surface area contributed by atoms with Gasteiger partial charge in [0.2, 0.25) is 0 Å². The van der Waals surface area contributed by atoms with Crippen molar-refractivity contribution in [2.75, 3.05) is 13.1 Å². The Labute approximate surface area is 117 Å². The predicted molar refractivity (Wildman–Crippen MR) is 70.6 cm³/mol. The molecule has 1 aromatic rings. The van der Waals surface area contributed by atoms with Crippen LogP contribution in [0.1, 0.15) is 43.6 Å². The number of aromatic carboxylic acids is 1. The number of carbonyl (C=O) groups is 2. The molecule has 7 nitrogen and oxygen atoms in total. The number of carboxylic acids is 1. The zero-order valence-electron chi connectivity index (χ0n) is 11.9. The summed E-state index contributed by atoms with van der Waals surface area (Å²) in [6.45, 7) is 6.54. The van der Waals surface area contributed by atoms with Gasteiger partial charge in [0.1, 0.15) is 5.60 Å². The fraction of sp³-hybridized carbons (Fsp3) is 0.615. The standard InChI is InChI=1S/C13H19N3O4/c1-13(2,3)20-12(19)15-5-4-10(8-15)16-7-9(6-14-16)11(17)18/h6-7,10H,4-5,8H2,1-3H3,(H,17,18). The third-order valence-corrected chi connectivity index (χ3v) is 3.04. The molecule has 1 saturated heterocycles. The highest BCUT2D eigenvalue weighted by Crippen LogP contribution is 2.23. The number of aromatic nitrogens is 2. The van der Waals surface area contributed by atoms with E-state index in [1.54, 1.807) is 9.58 Å². The van der Waals surface area contributed by atoms with Crippen LogP contribution in [0.3, 0.4) is 0 Å². The Kier molecular flexibility index (Phi) is 3.69. The molecule has 1 fully saturated rings. The van der Waals surface area contributed by atoms with Crippen LogP contribution in [0, 0.1) is 0 Å². The maximum atomic E-state index is 11.9. The van der Waals surface area contributed by atoms with Crippen LogP contribution in [0.25, 0.3) is 0 Å². The van der Waals surface area contributed by atoms with Gasteiger partial charge in [0.05, 0.1) is 17.8 Å². The third kappa shape index (κ3) is 3.28. The van der Waals surface area contributed by atoms with Crippen molar-refractivity contribution in [3.8, 4) is 0 Å². The summed E-state index contributed by atoms with van der Waals surface area (Å²) in [7, 11) is 0. The third-order valence-electron chi connectivity index (χ3n) is 3.04. The Morgan fingerprint density at radius 2 is 2.15 bits per heavy atom. The summed E-state index contributed by atoms with van der Waals surface area (Å²) in [6, 6.07) is -0.00406. The van der Waals surface area contributed by atoms with Crippen LogP contribution < -0.4 is 0 Å². The zero-order valence-corrected chi connectivity index (χ0v) is 11.9. The van der Waals surface area contributed by atoms with Crippen molar-refractivity contribution < 1.29 is 19.4 Å². The second-order valence-corrected chi connectivity index (χ2v) is 5.88. The Bertz CT molecular complexity index is 518. The topological polar surface area (TPSA) is 84.7 Å². The van der Waals surface area contributed by atoms with Crippen LogP contribution in [-0.2, 0) is 4.74 Å². The van der Waals surface area contributed by atoms with E-state index in [1.807, 2.05) is 20.8 Å². The molecule has 1 aromatic heterocycles. The van der Waals surface area contributed by atoms with Crippen LogP contribution in [-0.4, -0.2) is 50.5 Å². The minimum atomic E-state index is -1.00. The van der Waals surface area contributed by atoms with Crippen molar-refractivity contribution in [2.45, 2.75) is 38.8 Å². The number of likely N-dealkylation sites (tertiary alicyclic amines) is 1. The fourth-order valence-electron chi connectivity index (χ4n) is 2.10. The first-order valence-corrected chi connectivity index (χ1v) is 6.51. The molecule has 0 aromatic carbocycles. The number of rotatable bonds is 2. The highest BCUT2D eigenvalue weighted by Gasteiger charge is 2.31. The van der Waals surface area contributed by atoms with Gasteiger partial charge in [-0.05, 0) is 27.2 Å². The molecular weight excluding hydrogens is 262 g/mol. The van der Waals surface area contributed by atoms with Gasteiger partial charge in [-0.25, -0.2) is 9.59 Å². The summed E-state index contributed by atoms with van der Waals surface area (Å²) in [6.07, 6.45) is 3.20. The summed E-state index contributed by atoms with van der Waals surface area (Å²) in [5, 5.41) is 12.9. The number of amides is 1. The first-order valence-electron chi connectivity index (χ1n) is 6.51. The lowest BCUT2D eigenvalue weighted by molar-refractivity contribution is 0.0288. The summed E-state index contributed by atoms with van der Waals surface area (Å²) in [5.41, 5.74) is -0.363. The molecule has 1 unspecified atom stereocenters. The highest BCUT2D eigenvalue weighted by atomic mass is 16.6. The van der Waals surface area contributed by atoms with E-state index >= 15 is 0 Å². The number of carbonyl (C=O) groups excluding carboxylic acids is 1. The SMILES string of the molecule is CC(C)(C)OC(=O)N1CCC(n2cc(C(=O)O)cn2)C1. The van der Waals surface area contributed by atoms with Crippen molar-refractivity contribution >= 4 is 12.1 Å². The lowest BCUT2D eigenvalue weighted by Gasteiger charge is -2.24. The minimum Gasteiger partial charge on any atom is -0.478 e. The number of nitrogens with zero attached hydrogens (tertiary/aromatic N) is 3. The maximum Gasteiger partial charge on any atom is 0.410 e. The van der Waals surface area contributed by atoms with Crippen LogP contribution in [0.4, 0.5) is 4.79 Å². The molecule has 20 heavy (non-hydrogen) atoms. The Hall–Kier alpha value is -2.05. The fourth-order valence-corrected chi connectivity index (χ4v) is 2.10. The van der Waals surface area contributed by atoms with Crippen molar-refractivity contribution in [1.29, 1.82) is 0 Å². The molecule has 0 bridgehead atoms. The Morgan fingerprint density at radius 3 is 2.70 bits per heavy atom. The van der Waals surface area contributed by atoms with Gasteiger partial charge in [-0.15, -0.1) is 0 Å². The smallest absolute Gasteiger partial charge is 0.410 e. The molecule has 1 aliphatic heterocycles. The number of carboxylic acid groups (broad SMARTS) is 1. The lowest BCUT2D eigenvalue weighted by Crippen LogP contribution is -2.35. The maximum absolute atomic E-state index is 11.9. The summed E-state index contributed by atoms with van der Waals surface area (Å²) in [4.78, 5) is 24.4. The highest BCUT2D eigenvalue weighted by molar-refractivity contribution is 5.86. The molecule has 1 atom stereocenters. The molecule has 2 rings (SSSR count). The first-order chi connectivity index (χ1) is 9.26. The van der Waals surface area contributed by atoms with E-state index in [4.69, 9.17) is 9.84 Å². The van der Waals surface area contributed by atoms with Gasteiger partial charge in [-0.2, -0.15) is 5.10 Å². The van der Waals surface area contributed by atoms with Gasteiger partial charge in [0.15, 0.2) is 0 Å². The molecule has 0 saturated carbocycles. The second kappa shape index (κ2) is 5.15. The summed E-state index contributed by atoms with van der Waals surface area (Å²) < 4.78 is 6.92. The number of ether oxygens (including phenoxy) is 1. The van der Waals surface area contributed by atoms with Crippen LogP contribution in [0.5, 0.6) is 0 Å². The van der Waals surface area contributed by atoms with Gasteiger partial charge in [0.25, 0.3) is 0 Å². The van der Waals surface area contributed by atoms with Crippen molar-refractivity contribution in [3.63, 3.8) is 0 Å². The normalized spacial score (nSPS) is 19.1. The molecule has 1 N–H and O–H groups in total. The summed E-state index contributed by atoms with van der Waals surface area (Å²) >= 11 is 0. The van der Waals surface area contributed by atoms with Crippen LogP contribution in [0.2, 0.25) is 0 Å². The lowest BCUT2D eigenvalue weighted by atomic mass is 10.2. The average Bonchev–Trinajstić information content (AvgIpc) is 2.95. The molecule has 1 aliphatic rings. The van der Waals surface area contributed by atoms with Gasteiger partial charge in [-0.3, -0.25) is 4.68 Å². The van der Waals surface area contributed by atoms with Gasteiger partial charge in [0, 0.05) is 19.3 Å². The van der Waals surface area contributed by atoms with Crippen LogP contribution >= 0.6 is 0 Å². The first kappa shape index (κ1) is 14.4. The van der Waals surface area contributed by atoms with Crippen LogP contribution in [0.15, 0.2) is 12.4 Å². The van der Waals surface area contributed by atoms with E-state index in [0.29, 0.717) is 13.1 Å².